The summed E-state index contributed by atoms with van der Waals surface area (Å²) < 4.78 is 50.7. The van der Waals surface area contributed by atoms with Gasteiger partial charge < -0.3 is 10.4 Å². The van der Waals surface area contributed by atoms with Crippen molar-refractivity contribution in [2.45, 2.75) is 23.2 Å². The molecule has 2 atom stereocenters. The lowest BCUT2D eigenvalue weighted by molar-refractivity contribution is -0.120. The average Bonchev–Trinajstić information content (AvgIpc) is 2.59. The zero-order chi connectivity index (χ0) is 18.6. The Balaban J connectivity index is 2.03. The van der Waals surface area contributed by atoms with Gasteiger partial charge in [0.05, 0.1) is 11.0 Å². The van der Waals surface area contributed by atoms with Gasteiger partial charge in [0.15, 0.2) is 9.84 Å². The number of aliphatic hydroxyl groups is 1. The molecular formula is C17H17F2NO4S. The second-order valence-corrected chi connectivity index (χ2v) is 7.73. The van der Waals surface area contributed by atoms with Crippen LogP contribution in [-0.2, 0) is 14.6 Å². The lowest BCUT2D eigenvalue weighted by Gasteiger charge is -2.16. The van der Waals surface area contributed by atoms with Crippen LogP contribution in [0.2, 0.25) is 0 Å². The van der Waals surface area contributed by atoms with E-state index >= 15 is 0 Å². The van der Waals surface area contributed by atoms with E-state index in [2.05, 4.69) is 5.32 Å². The number of carbonyl (C=O) groups is 1. The maximum atomic E-state index is 13.1. The maximum Gasteiger partial charge on any atom is 0.238 e. The fourth-order valence-electron chi connectivity index (χ4n) is 2.14. The highest BCUT2D eigenvalue weighted by Gasteiger charge is 2.30. The van der Waals surface area contributed by atoms with E-state index in [1.165, 1.54) is 25.1 Å². The molecule has 0 aliphatic carbocycles. The van der Waals surface area contributed by atoms with Crippen LogP contribution in [0.5, 0.6) is 0 Å². The summed E-state index contributed by atoms with van der Waals surface area (Å²) in [5, 5.41) is 10.8. The maximum absolute atomic E-state index is 13.1. The Morgan fingerprint density at radius 2 is 1.76 bits per heavy atom. The van der Waals surface area contributed by atoms with Crippen LogP contribution in [0.15, 0.2) is 53.4 Å². The van der Waals surface area contributed by atoms with E-state index < -0.39 is 38.7 Å². The molecule has 0 aliphatic heterocycles. The average molecular weight is 369 g/mol. The Labute approximate surface area is 144 Å². The zero-order valence-electron chi connectivity index (χ0n) is 13.3. The molecule has 0 saturated heterocycles. The molecule has 2 aromatic rings. The number of hydrogen-bond acceptors (Lipinski definition) is 4. The Bertz CT molecular complexity index is 853. The highest BCUT2D eigenvalue weighted by Crippen LogP contribution is 2.17. The summed E-state index contributed by atoms with van der Waals surface area (Å²) in [6.45, 7) is 0.925. The molecule has 2 N–H and O–H groups in total. The summed E-state index contributed by atoms with van der Waals surface area (Å²) in [6, 6.07) is 9.38. The van der Waals surface area contributed by atoms with Crippen LogP contribution in [0.4, 0.5) is 8.78 Å². The highest BCUT2D eigenvalue weighted by atomic mass is 32.2. The lowest BCUT2D eigenvalue weighted by Crippen LogP contribution is -2.39. The van der Waals surface area contributed by atoms with Crippen molar-refractivity contribution in [1.29, 1.82) is 0 Å². The van der Waals surface area contributed by atoms with Crippen LogP contribution in [0.1, 0.15) is 18.6 Å². The number of rotatable bonds is 6. The molecule has 0 aromatic heterocycles. The topological polar surface area (TPSA) is 83.5 Å². The van der Waals surface area contributed by atoms with Gasteiger partial charge in [-0.3, -0.25) is 4.79 Å². The van der Waals surface area contributed by atoms with Crippen LogP contribution >= 0.6 is 0 Å². The summed E-state index contributed by atoms with van der Waals surface area (Å²) in [5.41, 5.74) is 0.259. The molecule has 0 spiro atoms. The number of sulfone groups is 1. The molecule has 1 amide bonds. The van der Waals surface area contributed by atoms with Crippen molar-refractivity contribution in [3.63, 3.8) is 0 Å². The summed E-state index contributed by atoms with van der Waals surface area (Å²) in [7, 11) is -3.99. The van der Waals surface area contributed by atoms with Gasteiger partial charge >= 0.3 is 0 Å². The van der Waals surface area contributed by atoms with E-state index in [1.54, 1.807) is 0 Å². The number of halogens is 2. The van der Waals surface area contributed by atoms with E-state index in [0.717, 1.165) is 30.3 Å². The van der Waals surface area contributed by atoms with Crippen molar-refractivity contribution >= 4 is 15.7 Å². The molecule has 2 aromatic carbocycles. The summed E-state index contributed by atoms with van der Waals surface area (Å²) >= 11 is 0. The standard InChI is InChI=1S/C17H17F2NO4S/c1-11(25(23,24)15-7-5-13(18)6-8-15)17(22)20-10-16(21)12-3-2-4-14(19)9-12/h2-9,11,16,21H,10H2,1H3,(H,20,22). The smallest absolute Gasteiger partial charge is 0.238 e. The fourth-order valence-corrected chi connectivity index (χ4v) is 3.43. The largest absolute Gasteiger partial charge is 0.387 e. The molecule has 0 radical (unpaired) electrons. The van der Waals surface area contributed by atoms with Crippen molar-refractivity contribution in [3.8, 4) is 0 Å². The van der Waals surface area contributed by atoms with Crippen molar-refractivity contribution in [2.24, 2.45) is 0 Å². The van der Waals surface area contributed by atoms with Gasteiger partial charge in [0.2, 0.25) is 5.91 Å². The third-order valence-electron chi connectivity index (χ3n) is 3.68. The van der Waals surface area contributed by atoms with Crippen molar-refractivity contribution in [3.05, 3.63) is 65.7 Å². The molecule has 0 heterocycles. The molecule has 0 bridgehead atoms. The normalized spacial score (nSPS) is 13.9. The third-order valence-corrected chi connectivity index (χ3v) is 5.75. The second kappa shape index (κ2) is 7.71. The zero-order valence-corrected chi connectivity index (χ0v) is 14.1. The van der Waals surface area contributed by atoms with Crippen molar-refractivity contribution in [2.75, 3.05) is 6.54 Å². The number of aliphatic hydroxyl groups excluding tert-OH is 1. The predicted octanol–water partition coefficient (Wildman–Crippen LogP) is 1.98. The number of hydrogen-bond donors (Lipinski definition) is 2. The second-order valence-electron chi connectivity index (χ2n) is 5.46. The molecule has 2 unspecified atom stereocenters. The minimum atomic E-state index is -3.99. The molecule has 0 aliphatic rings. The lowest BCUT2D eigenvalue weighted by atomic mass is 10.1. The molecule has 25 heavy (non-hydrogen) atoms. The van der Waals surface area contributed by atoms with Crippen LogP contribution in [0.3, 0.4) is 0 Å². The Morgan fingerprint density at radius 1 is 1.12 bits per heavy atom. The van der Waals surface area contributed by atoms with Gasteiger partial charge in [-0.25, -0.2) is 17.2 Å². The van der Waals surface area contributed by atoms with Crippen LogP contribution in [0, 0.1) is 11.6 Å². The van der Waals surface area contributed by atoms with E-state index in [1.807, 2.05) is 0 Å². The molecule has 8 heteroatoms. The Hall–Kier alpha value is -2.32. The minimum Gasteiger partial charge on any atom is -0.387 e. The van der Waals surface area contributed by atoms with E-state index in [0.29, 0.717) is 0 Å². The molecule has 0 saturated carbocycles. The molecule has 134 valence electrons. The SMILES string of the molecule is CC(C(=O)NCC(O)c1cccc(F)c1)S(=O)(=O)c1ccc(F)cc1. The highest BCUT2D eigenvalue weighted by molar-refractivity contribution is 7.92. The van der Waals surface area contributed by atoms with Crippen LogP contribution < -0.4 is 5.32 Å². The monoisotopic (exact) mass is 369 g/mol. The van der Waals surface area contributed by atoms with Crippen molar-refractivity contribution in [1.82, 2.24) is 5.32 Å². The first-order valence-electron chi connectivity index (χ1n) is 7.42. The number of benzene rings is 2. The summed E-state index contributed by atoms with van der Waals surface area (Å²) in [6.07, 6.45) is -1.18. The van der Waals surface area contributed by atoms with Gasteiger partial charge in [-0.1, -0.05) is 12.1 Å². The molecule has 0 fully saturated rings. The number of amides is 1. The summed E-state index contributed by atoms with van der Waals surface area (Å²) in [4.78, 5) is 11.9. The van der Waals surface area contributed by atoms with Crippen molar-refractivity contribution < 1.29 is 27.1 Å². The Morgan fingerprint density at radius 3 is 2.36 bits per heavy atom. The minimum absolute atomic E-state index is 0.178. The molecule has 2 rings (SSSR count). The van der Waals surface area contributed by atoms with Gasteiger partial charge in [-0.05, 0) is 48.9 Å². The summed E-state index contributed by atoms with van der Waals surface area (Å²) in [5.74, 6) is -1.94. The van der Waals surface area contributed by atoms with Gasteiger partial charge in [0.1, 0.15) is 16.9 Å². The van der Waals surface area contributed by atoms with Gasteiger partial charge in [-0.2, -0.15) is 0 Å². The van der Waals surface area contributed by atoms with Gasteiger partial charge in [0.25, 0.3) is 0 Å². The van der Waals surface area contributed by atoms with Gasteiger partial charge in [0, 0.05) is 6.54 Å². The van der Waals surface area contributed by atoms with Crippen LogP contribution in [0.25, 0.3) is 0 Å². The number of nitrogens with one attached hydrogen (secondary N) is 1. The van der Waals surface area contributed by atoms with Gasteiger partial charge in [-0.15, -0.1) is 0 Å². The third kappa shape index (κ3) is 4.61. The first kappa shape index (κ1) is 19.0. The molecule has 5 nitrogen and oxygen atoms in total. The van der Waals surface area contributed by atoms with E-state index in [-0.39, 0.29) is 17.0 Å². The first-order valence-corrected chi connectivity index (χ1v) is 8.97. The first-order chi connectivity index (χ1) is 11.7. The number of carbonyl (C=O) groups excluding carboxylic acids is 1. The quantitative estimate of drug-likeness (QED) is 0.763. The predicted molar refractivity (Wildman–Crippen MR) is 87.4 cm³/mol. The Kier molecular flexibility index (Phi) is 5.86. The van der Waals surface area contributed by atoms with E-state index in [9.17, 15) is 27.1 Å². The van der Waals surface area contributed by atoms with E-state index in [4.69, 9.17) is 0 Å². The molecular weight excluding hydrogens is 352 g/mol. The van der Waals surface area contributed by atoms with Crippen LogP contribution in [-0.4, -0.2) is 31.2 Å². The fraction of sp³-hybridized carbons (Fsp3) is 0.235.